The summed E-state index contributed by atoms with van der Waals surface area (Å²) in [5.41, 5.74) is 4.47. The zero-order valence-corrected chi connectivity index (χ0v) is 19.9. The average molecular weight is 449 g/mol. The fourth-order valence-electron chi connectivity index (χ4n) is 3.84. The summed E-state index contributed by atoms with van der Waals surface area (Å²) in [6.45, 7) is 11.9. The lowest BCUT2D eigenvalue weighted by atomic mass is 9.92. The molecule has 4 rings (SSSR count). The van der Waals surface area contributed by atoms with Crippen LogP contribution < -0.4 is 21.3 Å². The van der Waals surface area contributed by atoms with Crippen molar-refractivity contribution in [2.24, 2.45) is 0 Å². The van der Waals surface area contributed by atoms with Gasteiger partial charge in [-0.05, 0) is 50.1 Å². The van der Waals surface area contributed by atoms with Crippen molar-refractivity contribution in [1.82, 2.24) is 20.6 Å². The van der Waals surface area contributed by atoms with Gasteiger partial charge in [0.25, 0.3) is 5.91 Å². The molecule has 8 heteroatoms. The van der Waals surface area contributed by atoms with Gasteiger partial charge < -0.3 is 25.7 Å². The zero-order valence-electron chi connectivity index (χ0n) is 19.9. The lowest BCUT2D eigenvalue weighted by Crippen LogP contribution is -2.31. The monoisotopic (exact) mass is 448 g/mol. The highest BCUT2D eigenvalue weighted by Crippen LogP contribution is 2.33. The number of benzene rings is 1. The van der Waals surface area contributed by atoms with Crippen molar-refractivity contribution in [3.8, 4) is 0 Å². The molecule has 174 valence electrons. The number of anilines is 4. The Bertz CT molecular complexity index is 1150. The van der Waals surface area contributed by atoms with E-state index in [1.165, 1.54) is 11.1 Å². The fourth-order valence-corrected chi connectivity index (χ4v) is 3.84. The Morgan fingerprint density at radius 2 is 1.97 bits per heavy atom. The SMILES string of the molecule is CC(C)NC(=O)c1cnc(Nc2ccc3c(c2)CCNC3)nc1Nc1ccoc1C(C)(C)C. The summed E-state index contributed by atoms with van der Waals surface area (Å²) >= 11 is 0. The molecule has 1 aliphatic rings. The second kappa shape index (κ2) is 9.23. The van der Waals surface area contributed by atoms with Crippen LogP contribution in [0.5, 0.6) is 0 Å². The van der Waals surface area contributed by atoms with Crippen LogP contribution in [0.15, 0.2) is 41.1 Å². The van der Waals surface area contributed by atoms with Crippen molar-refractivity contribution in [2.75, 3.05) is 17.2 Å². The van der Waals surface area contributed by atoms with Crippen LogP contribution in [0, 0.1) is 0 Å². The number of hydrogen-bond acceptors (Lipinski definition) is 7. The number of nitrogens with one attached hydrogen (secondary N) is 4. The van der Waals surface area contributed by atoms with Gasteiger partial charge in [0.1, 0.15) is 17.1 Å². The second-order valence-corrected chi connectivity index (χ2v) is 9.66. The summed E-state index contributed by atoms with van der Waals surface area (Å²) in [6.07, 6.45) is 4.18. The van der Waals surface area contributed by atoms with Crippen molar-refractivity contribution in [1.29, 1.82) is 0 Å². The molecule has 0 saturated carbocycles. The molecule has 0 saturated heterocycles. The number of hydrogen-bond donors (Lipinski definition) is 4. The highest BCUT2D eigenvalue weighted by Gasteiger charge is 2.24. The van der Waals surface area contributed by atoms with Crippen LogP contribution in [0.25, 0.3) is 0 Å². The van der Waals surface area contributed by atoms with E-state index < -0.39 is 0 Å². The molecule has 0 fully saturated rings. The maximum absolute atomic E-state index is 12.8. The molecule has 0 spiro atoms. The Morgan fingerprint density at radius 3 is 2.73 bits per heavy atom. The van der Waals surface area contributed by atoms with Gasteiger partial charge in [0.05, 0.1) is 12.0 Å². The molecular weight excluding hydrogens is 416 g/mol. The van der Waals surface area contributed by atoms with E-state index in [-0.39, 0.29) is 17.4 Å². The number of aromatic nitrogens is 2. The number of furan rings is 1. The number of carbonyl (C=O) groups is 1. The molecule has 2 aromatic heterocycles. The van der Waals surface area contributed by atoms with Gasteiger partial charge in [-0.2, -0.15) is 4.98 Å². The van der Waals surface area contributed by atoms with Crippen molar-refractivity contribution in [3.63, 3.8) is 0 Å². The van der Waals surface area contributed by atoms with Gasteiger partial charge in [0, 0.05) is 36.0 Å². The molecule has 1 amide bonds. The van der Waals surface area contributed by atoms with Crippen LogP contribution in [0.4, 0.5) is 23.1 Å². The van der Waals surface area contributed by atoms with Crippen LogP contribution >= 0.6 is 0 Å². The standard InChI is InChI=1S/C25H32N6O2/c1-15(2)28-23(32)19-14-27-24(29-18-7-6-17-13-26-10-8-16(17)12-18)31-22(19)30-20-9-11-33-21(20)25(3,4)5/h6-7,9,11-12,14-15,26H,8,10,13H2,1-5H3,(H,28,32)(H2,27,29,30,31). The maximum Gasteiger partial charge on any atom is 0.256 e. The predicted molar refractivity (Wildman–Crippen MR) is 130 cm³/mol. The number of carbonyl (C=O) groups excluding carboxylic acids is 1. The minimum absolute atomic E-state index is 0.00722. The Hall–Kier alpha value is -3.39. The highest BCUT2D eigenvalue weighted by atomic mass is 16.3. The van der Waals surface area contributed by atoms with E-state index in [1.807, 2.05) is 26.0 Å². The lowest BCUT2D eigenvalue weighted by molar-refractivity contribution is 0.0943. The topological polar surface area (TPSA) is 104 Å². The van der Waals surface area contributed by atoms with Gasteiger partial charge in [-0.1, -0.05) is 26.8 Å². The van der Waals surface area contributed by atoms with Crippen LogP contribution in [-0.4, -0.2) is 28.5 Å². The molecule has 4 N–H and O–H groups in total. The Balaban J connectivity index is 1.66. The summed E-state index contributed by atoms with van der Waals surface area (Å²) in [4.78, 5) is 21.9. The Kier molecular flexibility index (Phi) is 6.37. The molecule has 0 aliphatic carbocycles. The second-order valence-electron chi connectivity index (χ2n) is 9.66. The van der Waals surface area contributed by atoms with Crippen LogP contribution in [0.3, 0.4) is 0 Å². The first kappa shape index (κ1) is 22.8. The van der Waals surface area contributed by atoms with E-state index in [9.17, 15) is 4.79 Å². The summed E-state index contributed by atoms with van der Waals surface area (Å²) in [6, 6.07) is 8.12. The molecule has 0 atom stereocenters. The summed E-state index contributed by atoms with van der Waals surface area (Å²) in [7, 11) is 0. The molecule has 1 aromatic carbocycles. The van der Waals surface area contributed by atoms with Gasteiger partial charge in [-0.3, -0.25) is 4.79 Å². The van der Waals surface area contributed by atoms with Gasteiger partial charge >= 0.3 is 0 Å². The fraction of sp³-hybridized carbons (Fsp3) is 0.400. The molecule has 0 bridgehead atoms. The first-order chi connectivity index (χ1) is 15.7. The van der Waals surface area contributed by atoms with E-state index in [0.717, 1.165) is 36.6 Å². The van der Waals surface area contributed by atoms with Gasteiger partial charge in [0.15, 0.2) is 0 Å². The Morgan fingerprint density at radius 1 is 1.15 bits per heavy atom. The molecular formula is C25H32N6O2. The predicted octanol–water partition coefficient (Wildman–Crippen LogP) is 4.64. The smallest absolute Gasteiger partial charge is 0.256 e. The van der Waals surface area contributed by atoms with Crippen molar-refractivity contribution < 1.29 is 9.21 Å². The highest BCUT2D eigenvalue weighted by molar-refractivity contribution is 5.99. The molecule has 33 heavy (non-hydrogen) atoms. The molecule has 8 nitrogen and oxygen atoms in total. The average Bonchev–Trinajstić information content (AvgIpc) is 3.22. The van der Waals surface area contributed by atoms with Gasteiger partial charge in [0.2, 0.25) is 5.95 Å². The first-order valence-electron chi connectivity index (χ1n) is 11.3. The van der Waals surface area contributed by atoms with Crippen LogP contribution in [-0.2, 0) is 18.4 Å². The summed E-state index contributed by atoms with van der Waals surface area (Å²) in [5, 5.41) is 12.9. The summed E-state index contributed by atoms with van der Waals surface area (Å²) in [5.74, 6) is 1.38. The van der Waals surface area contributed by atoms with E-state index in [2.05, 4.69) is 64.1 Å². The third kappa shape index (κ3) is 5.34. The van der Waals surface area contributed by atoms with E-state index in [1.54, 1.807) is 12.5 Å². The maximum atomic E-state index is 12.8. The Labute approximate surface area is 194 Å². The molecule has 3 aromatic rings. The number of nitrogens with zero attached hydrogens (tertiary/aromatic N) is 2. The molecule has 3 heterocycles. The van der Waals surface area contributed by atoms with Gasteiger partial charge in [-0.25, -0.2) is 4.98 Å². The quantitative estimate of drug-likeness (QED) is 0.435. The number of rotatable bonds is 6. The van der Waals surface area contributed by atoms with Crippen molar-refractivity contribution in [3.05, 3.63) is 59.2 Å². The normalized spacial score (nSPS) is 13.5. The number of fused-ring (bicyclic) bond motifs is 1. The zero-order chi connectivity index (χ0) is 23.6. The molecule has 0 unspecified atom stereocenters. The van der Waals surface area contributed by atoms with Crippen LogP contribution in [0.1, 0.15) is 61.9 Å². The molecule has 0 radical (unpaired) electrons. The van der Waals surface area contributed by atoms with E-state index >= 15 is 0 Å². The third-order valence-corrected chi connectivity index (χ3v) is 5.40. The van der Waals surface area contributed by atoms with Crippen molar-refractivity contribution in [2.45, 2.75) is 59.0 Å². The summed E-state index contributed by atoms with van der Waals surface area (Å²) < 4.78 is 5.72. The largest absolute Gasteiger partial charge is 0.467 e. The minimum atomic E-state index is -0.235. The van der Waals surface area contributed by atoms with Crippen LogP contribution in [0.2, 0.25) is 0 Å². The van der Waals surface area contributed by atoms with E-state index in [0.29, 0.717) is 17.3 Å². The van der Waals surface area contributed by atoms with E-state index in [4.69, 9.17) is 4.42 Å². The third-order valence-electron chi connectivity index (χ3n) is 5.40. The minimum Gasteiger partial charge on any atom is -0.467 e. The lowest BCUT2D eigenvalue weighted by Gasteiger charge is -2.19. The first-order valence-corrected chi connectivity index (χ1v) is 11.3. The number of amides is 1. The van der Waals surface area contributed by atoms with Gasteiger partial charge in [-0.15, -0.1) is 0 Å². The van der Waals surface area contributed by atoms with Crippen molar-refractivity contribution >= 4 is 29.0 Å². The molecule has 1 aliphatic heterocycles.